The zero-order valence-corrected chi connectivity index (χ0v) is 8.20. The predicted molar refractivity (Wildman–Crippen MR) is 52.7 cm³/mol. The van der Waals surface area contributed by atoms with Gasteiger partial charge in [-0.05, 0) is 25.5 Å². The van der Waals surface area contributed by atoms with Crippen molar-refractivity contribution in [3.05, 3.63) is 30.4 Å². The topological polar surface area (TPSA) is 25.8 Å². The van der Waals surface area contributed by atoms with E-state index < -0.39 is 0 Å². The van der Waals surface area contributed by atoms with Crippen LogP contribution in [-0.4, -0.2) is 9.97 Å². The number of hydrogen-bond acceptors (Lipinski definition) is 2. The lowest BCUT2D eigenvalue weighted by molar-refractivity contribution is 1.11. The molecule has 2 heteroatoms. The highest BCUT2D eigenvalue weighted by molar-refractivity contribution is 5.56. The molecular weight excluding hydrogens is 148 g/mol. The molecule has 0 aliphatic carbocycles. The summed E-state index contributed by atoms with van der Waals surface area (Å²) in [5.74, 6) is 0.810. The van der Waals surface area contributed by atoms with Crippen LogP contribution in [0.5, 0.6) is 0 Å². The Morgan fingerprint density at radius 3 is 2.17 bits per heavy atom. The Morgan fingerprint density at radius 1 is 1.25 bits per heavy atom. The van der Waals surface area contributed by atoms with Gasteiger partial charge in [-0.3, -0.25) is 0 Å². The van der Waals surface area contributed by atoms with E-state index in [1.165, 1.54) is 0 Å². The van der Waals surface area contributed by atoms with Gasteiger partial charge in [-0.1, -0.05) is 19.9 Å². The quantitative estimate of drug-likeness (QED) is 0.637. The van der Waals surface area contributed by atoms with Gasteiger partial charge in [-0.25, -0.2) is 9.97 Å². The van der Waals surface area contributed by atoms with Crippen LogP contribution in [0.1, 0.15) is 33.5 Å². The second-order valence-electron chi connectivity index (χ2n) is 2.04. The normalized spacial score (nSPS) is 10.2. The van der Waals surface area contributed by atoms with Crippen molar-refractivity contribution >= 4 is 5.57 Å². The van der Waals surface area contributed by atoms with E-state index in [0.717, 1.165) is 11.4 Å². The molecule has 0 bridgehead atoms. The van der Waals surface area contributed by atoms with Crippen molar-refractivity contribution in [2.45, 2.75) is 27.7 Å². The van der Waals surface area contributed by atoms with Gasteiger partial charge in [0.05, 0.1) is 0 Å². The highest BCUT2D eigenvalue weighted by Crippen LogP contribution is 2.04. The summed E-state index contributed by atoms with van der Waals surface area (Å²) in [6, 6.07) is 1.81. The van der Waals surface area contributed by atoms with E-state index in [2.05, 4.69) is 9.97 Å². The van der Waals surface area contributed by atoms with Gasteiger partial charge < -0.3 is 0 Å². The fraction of sp³-hybridized carbons (Fsp3) is 0.400. The summed E-state index contributed by atoms with van der Waals surface area (Å²) in [4.78, 5) is 8.14. The molecule has 0 radical (unpaired) electrons. The third-order valence-corrected chi connectivity index (χ3v) is 1.35. The molecule has 0 spiro atoms. The summed E-state index contributed by atoms with van der Waals surface area (Å²) >= 11 is 0. The number of allylic oxidation sites excluding steroid dienone is 2. The molecule has 2 nitrogen and oxygen atoms in total. The molecule has 1 aromatic heterocycles. The lowest BCUT2D eigenvalue weighted by atomic mass is 10.3. The molecule has 12 heavy (non-hydrogen) atoms. The van der Waals surface area contributed by atoms with Gasteiger partial charge in [0.1, 0.15) is 0 Å². The highest BCUT2D eigenvalue weighted by atomic mass is 14.8. The monoisotopic (exact) mass is 164 g/mol. The number of nitrogens with zero attached hydrogens (tertiary/aromatic N) is 2. The third kappa shape index (κ3) is 3.28. The Kier molecular flexibility index (Phi) is 5.88. The molecular formula is C10H16N2. The van der Waals surface area contributed by atoms with Crippen LogP contribution in [0.15, 0.2) is 24.5 Å². The maximum Gasteiger partial charge on any atom is 0.154 e. The van der Waals surface area contributed by atoms with Gasteiger partial charge in [0.2, 0.25) is 0 Å². The lowest BCUT2D eigenvalue weighted by Gasteiger charge is -1.94. The van der Waals surface area contributed by atoms with Crippen LogP contribution in [0.3, 0.4) is 0 Å². The Balaban J connectivity index is 0.000000561. The van der Waals surface area contributed by atoms with E-state index in [0.29, 0.717) is 0 Å². The van der Waals surface area contributed by atoms with Crippen LogP contribution in [0.2, 0.25) is 0 Å². The van der Waals surface area contributed by atoms with Gasteiger partial charge in [0.15, 0.2) is 5.82 Å². The van der Waals surface area contributed by atoms with E-state index >= 15 is 0 Å². The van der Waals surface area contributed by atoms with Crippen molar-refractivity contribution in [2.24, 2.45) is 0 Å². The van der Waals surface area contributed by atoms with Gasteiger partial charge >= 0.3 is 0 Å². The van der Waals surface area contributed by atoms with Crippen LogP contribution in [0.25, 0.3) is 5.57 Å². The summed E-state index contributed by atoms with van der Waals surface area (Å²) in [5, 5.41) is 0. The predicted octanol–water partition coefficient (Wildman–Crippen LogP) is 2.93. The van der Waals surface area contributed by atoms with Gasteiger partial charge in [-0.15, -0.1) is 0 Å². The minimum absolute atomic E-state index is 0.810. The summed E-state index contributed by atoms with van der Waals surface area (Å²) in [5.41, 5.74) is 1.11. The number of aromatic nitrogens is 2. The van der Waals surface area contributed by atoms with E-state index in [1.54, 1.807) is 12.4 Å². The first-order valence-electron chi connectivity index (χ1n) is 4.25. The fourth-order valence-corrected chi connectivity index (χ4v) is 0.632. The lowest BCUT2D eigenvalue weighted by Crippen LogP contribution is -1.87. The zero-order valence-electron chi connectivity index (χ0n) is 8.20. The molecule has 0 unspecified atom stereocenters. The summed E-state index contributed by atoms with van der Waals surface area (Å²) in [6.45, 7) is 7.97. The van der Waals surface area contributed by atoms with Gasteiger partial charge in [0.25, 0.3) is 0 Å². The molecule has 0 fully saturated rings. The van der Waals surface area contributed by atoms with Crippen LogP contribution < -0.4 is 0 Å². The molecule has 1 aromatic rings. The maximum absolute atomic E-state index is 4.07. The third-order valence-electron chi connectivity index (χ3n) is 1.35. The minimum atomic E-state index is 0.810. The van der Waals surface area contributed by atoms with Crippen molar-refractivity contribution in [1.82, 2.24) is 9.97 Å². The first-order chi connectivity index (χ1) is 5.84. The van der Waals surface area contributed by atoms with Crippen molar-refractivity contribution in [1.29, 1.82) is 0 Å². The van der Waals surface area contributed by atoms with E-state index in [-0.39, 0.29) is 0 Å². The maximum atomic E-state index is 4.07. The SMILES string of the molecule is C/C=C(\C)c1ncccn1.CC. The van der Waals surface area contributed by atoms with E-state index in [9.17, 15) is 0 Å². The van der Waals surface area contributed by atoms with E-state index in [1.807, 2.05) is 39.8 Å². The molecule has 0 aromatic carbocycles. The Hall–Kier alpha value is -1.18. The van der Waals surface area contributed by atoms with E-state index in [4.69, 9.17) is 0 Å². The average molecular weight is 164 g/mol. The molecule has 0 atom stereocenters. The molecule has 0 saturated carbocycles. The van der Waals surface area contributed by atoms with Crippen molar-refractivity contribution < 1.29 is 0 Å². The van der Waals surface area contributed by atoms with Crippen LogP contribution in [0.4, 0.5) is 0 Å². The molecule has 0 amide bonds. The smallest absolute Gasteiger partial charge is 0.154 e. The highest BCUT2D eigenvalue weighted by Gasteiger charge is 1.92. The van der Waals surface area contributed by atoms with Crippen molar-refractivity contribution in [3.63, 3.8) is 0 Å². The molecule has 1 rings (SSSR count). The standard InChI is InChI=1S/C8H10N2.C2H6/c1-3-7(2)8-9-5-4-6-10-8;1-2/h3-6H,1-2H3;1-2H3/b7-3+;. The van der Waals surface area contributed by atoms with Gasteiger partial charge in [-0.2, -0.15) is 0 Å². The number of rotatable bonds is 1. The van der Waals surface area contributed by atoms with Crippen LogP contribution in [-0.2, 0) is 0 Å². The summed E-state index contributed by atoms with van der Waals surface area (Å²) in [6.07, 6.45) is 5.49. The van der Waals surface area contributed by atoms with Gasteiger partial charge in [0, 0.05) is 12.4 Å². The fourth-order valence-electron chi connectivity index (χ4n) is 0.632. The summed E-state index contributed by atoms with van der Waals surface area (Å²) < 4.78 is 0. The molecule has 0 aliphatic rings. The number of hydrogen-bond donors (Lipinski definition) is 0. The second kappa shape index (κ2) is 6.53. The first kappa shape index (κ1) is 10.8. The summed E-state index contributed by atoms with van der Waals surface area (Å²) in [7, 11) is 0. The first-order valence-corrected chi connectivity index (χ1v) is 4.25. The van der Waals surface area contributed by atoms with Crippen LogP contribution in [0, 0.1) is 0 Å². The molecule has 0 N–H and O–H groups in total. The Morgan fingerprint density at radius 2 is 1.75 bits per heavy atom. The van der Waals surface area contributed by atoms with Crippen LogP contribution >= 0.6 is 0 Å². The average Bonchev–Trinajstić information content (AvgIpc) is 2.21. The molecule has 66 valence electrons. The largest absolute Gasteiger partial charge is 0.237 e. The van der Waals surface area contributed by atoms with Crippen molar-refractivity contribution in [2.75, 3.05) is 0 Å². The molecule has 0 aliphatic heterocycles. The zero-order chi connectivity index (χ0) is 9.40. The second-order valence-corrected chi connectivity index (χ2v) is 2.04. The Labute approximate surface area is 74.4 Å². The molecule has 1 heterocycles. The molecule has 0 saturated heterocycles. The van der Waals surface area contributed by atoms with Crippen molar-refractivity contribution in [3.8, 4) is 0 Å². The Bertz CT molecular complexity index is 227. The minimum Gasteiger partial charge on any atom is -0.237 e.